The molecule has 0 amide bonds. The normalized spacial score (nSPS) is 13.1. The van der Waals surface area contributed by atoms with Crippen molar-refractivity contribution < 1.29 is 12.9 Å². The van der Waals surface area contributed by atoms with Gasteiger partial charge >= 0.3 is 0 Å². The summed E-state index contributed by atoms with van der Waals surface area (Å²) in [6.45, 7) is 5.28. The van der Waals surface area contributed by atoms with E-state index in [9.17, 15) is 8.42 Å². The van der Waals surface area contributed by atoms with Gasteiger partial charge in [-0.3, -0.25) is 5.84 Å². The van der Waals surface area contributed by atoms with E-state index < -0.39 is 16.1 Å². The van der Waals surface area contributed by atoms with E-state index in [1.807, 2.05) is 0 Å². The van der Waals surface area contributed by atoms with Gasteiger partial charge in [0.1, 0.15) is 5.76 Å². The number of nitrogens with two attached hydrogens (primary N) is 1. The smallest absolute Gasteiger partial charge is 0.241 e. The van der Waals surface area contributed by atoms with Crippen molar-refractivity contribution in [2.75, 3.05) is 5.43 Å². The Morgan fingerprint density at radius 2 is 1.86 bits per heavy atom. The summed E-state index contributed by atoms with van der Waals surface area (Å²) in [5, 5.41) is 3.83. The van der Waals surface area contributed by atoms with Crippen LogP contribution in [0.15, 0.2) is 33.7 Å². The molecule has 0 aliphatic heterocycles. The van der Waals surface area contributed by atoms with E-state index >= 15 is 0 Å². The number of aryl methyl sites for hydroxylation is 2. The second kappa shape index (κ2) is 5.84. The lowest BCUT2D eigenvalue weighted by atomic mass is 10.1. The van der Waals surface area contributed by atoms with Gasteiger partial charge < -0.3 is 9.95 Å². The average molecular weight is 310 g/mol. The Morgan fingerprint density at radius 1 is 1.24 bits per heavy atom. The summed E-state index contributed by atoms with van der Waals surface area (Å²) in [6, 6.07) is 5.72. The van der Waals surface area contributed by atoms with E-state index in [-0.39, 0.29) is 4.90 Å². The van der Waals surface area contributed by atoms with E-state index in [4.69, 9.17) is 10.4 Å². The fourth-order valence-corrected chi connectivity index (χ4v) is 3.41. The molecule has 1 atom stereocenters. The van der Waals surface area contributed by atoms with Gasteiger partial charge in [0.05, 0.1) is 10.6 Å². The van der Waals surface area contributed by atoms with Crippen LogP contribution in [0.5, 0.6) is 0 Å². The number of hydrogen-bond donors (Lipinski definition) is 3. The minimum atomic E-state index is -3.63. The lowest BCUT2D eigenvalue weighted by Gasteiger charge is -2.14. The zero-order chi connectivity index (χ0) is 15.6. The van der Waals surface area contributed by atoms with Crippen LogP contribution in [0, 0.1) is 13.8 Å². The van der Waals surface area contributed by atoms with E-state index in [1.165, 1.54) is 12.1 Å². The van der Waals surface area contributed by atoms with Gasteiger partial charge in [-0.1, -0.05) is 5.16 Å². The molecule has 114 valence electrons. The van der Waals surface area contributed by atoms with E-state index in [0.29, 0.717) is 17.1 Å². The highest BCUT2D eigenvalue weighted by atomic mass is 32.2. The van der Waals surface area contributed by atoms with E-state index in [1.54, 1.807) is 32.9 Å². The van der Waals surface area contributed by atoms with Crippen LogP contribution in [0.25, 0.3) is 0 Å². The Bertz CT molecular complexity index is 703. The number of hydrogen-bond acceptors (Lipinski definition) is 6. The Balaban J connectivity index is 2.24. The molecule has 1 aromatic carbocycles. The maximum atomic E-state index is 12.3. The van der Waals surface area contributed by atoms with Gasteiger partial charge in [0, 0.05) is 17.3 Å². The van der Waals surface area contributed by atoms with Gasteiger partial charge in [0.2, 0.25) is 10.0 Å². The van der Waals surface area contributed by atoms with Gasteiger partial charge in [-0.05, 0) is 45.0 Å². The molecular formula is C13H18N4O3S. The zero-order valence-corrected chi connectivity index (χ0v) is 12.9. The summed E-state index contributed by atoms with van der Waals surface area (Å²) < 4.78 is 32.4. The van der Waals surface area contributed by atoms with Crippen molar-refractivity contribution >= 4 is 15.7 Å². The number of anilines is 1. The molecule has 0 saturated heterocycles. The van der Waals surface area contributed by atoms with Crippen LogP contribution in [0.4, 0.5) is 5.69 Å². The van der Waals surface area contributed by atoms with Crippen LogP contribution in [-0.2, 0) is 10.0 Å². The highest BCUT2D eigenvalue weighted by molar-refractivity contribution is 7.89. The second-order valence-corrected chi connectivity index (χ2v) is 6.46. The summed E-state index contributed by atoms with van der Waals surface area (Å²) in [5.41, 5.74) is 4.50. The van der Waals surface area contributed by atoms with Crippen molar-refractivity contribution in [2.45, 2.75) is 31.7 Å². The molecule has 0 aliphatic rings. The minimum absolute atomic E-state index is 0.167. The first-order valence-electron chi connectivity index (χ1n) is 6.37. The van der Waals surface area contributed by atoms with Crippen LogP contribution in [0.1, 0.15) is 30.0 Å². The van der Waals surface area contributed by atoms with Crippen LogP contribution in [0.3, 0.4) is 0 Å². The standard InChI is InChI=1S/C13H18N4O3S/c1-8-13(10(3)20-16-8)9(2)17-21(18,19)12-6-4-11(15-14)5-7-12/h4-7,9,15,17H,14H2,1-3H3. The fraction of sp³-hybridized carbons (Fsp3) is 0.308. The number of nitrogens with one attached hydrogen (secondary N) is 2. The molecule has 1 aromatic heterocycles. The summed E-state index contributed by atoms with van der Waals surface area (Å²) in [4.78, 5) is 0.167. The number of rotatable bonds is 5. The van der Waals surface area contributed by atoms with Crippen LogP contribution < -0.4 is 16.0 Å². The molecule has 7 nitrogen and oxygen atoms in total. The van der Waals surface area contributed by atoms with E-state index in [2.05, 4.69) is 15.3 Å². The molecule has 0 saturated carbocycles. The van der Waals surface area contributed by atoms with Gasteiger partial charge in [0.25, 0.3) is 0 Å². The quantitative estimate of drug-likeness (QED) is 0.571. The van der Waals surface area contributed by atoms with Gasteiger partial charge in [-0.2, -0.15) is 0 Å². The molecule has 0 aliphatic carbocycles. The maximum absolute atomic E-state index is 12.3. The van der Waals surface area contributed by atoms with Gasteiger partial charge in [-0.25, -0.2) is 13.1 Å². The Hall–Kier alpha value is -1.90. The fourth-order valence-electron chi connectivity index (χ4n) is 2.20. The lowest BCUT2D eigenvalue weighted by Crippen LogP contribution is -2.27. The molecule has 1 heterocycles. The van der Waals surface area contributed by atoms with Crippen molar-refractivity contribution in [2.24, 2.45) is 5.84 Å². The second-order valence-electron chi connectivity index (χ2n) is 4.75. The molecule has 8 heteroatoms. The molecule has 0 radical (unpaired) electrons. The average Bonchev–Trinajstić information content (AvgIpc) is 2.77. The maximum Gasteiger partial charge on any atom is 0.241 e. The first kappa shape index (κ1) is 15.5. The molecule has 1 unspecified atom stereocenters. The summed E-state index contributed by atoms with van der Waals surface area (Å²) >= 11 is 0. The molecule has 2 aromatic rings. The number of hydrazine groups is 1. The molecule has 0 fully saturated rings. The topological polar surface area (TPSA) is 110 Å². The third-order valence-electron chi connectivity index (χ3n) is 3.18. The molecule has 2 rings (SSSR count). The molecule has 4 N–H and O–H groups in total. The predicted molar refractivity (Wildman–Crippen MR) is 79.0 cm³/mol. The highest BCUT2D eigenvalue weighted by Crippen LogP contribution is 2.23. The third kappa shape index (κ3) is 3.23. The van der Waals surface area contributed by atoms with Crippen LogP contribution in [-0.4, -0.2) is 13.6 Å². The number of nitrogen functional groups attached to an aromatic ring is 1. The van der Waals surface area contributed by atoms with Gasteiger partial charge in [0.15, 0.2) is 0 Å². The first-order chi connectivity index (χ1) is 9.85. The van der Waals surface area contributed by atoms with Crippen molar-refractivity contribution in [1.82, 2.24) is 9.88 Å². The lowest BCUT2D eigenvalue weighted by molar-refractivity contribution is 0.391. The summed E-state index contributed by atoms with van der Waals surface area (Å²) in [5.74, 6) is 5.86. The van der Waals surface area contributed by atoms with E-state index in [0.717, 1.165) is 5.56 Å². The molecular weight excluding hydrogens is 292 g/mol. The van der Waals surface area contributed by atoms with Gasteiger partial charge in [-0.15, -0.1) is 0 Å². The molecule has 0 bridgehead atoms. The molecule has 0 spiro atoms. The van der Waals surface area contributed by atoms with Crippen LogP contribution in [0.2, 0.25) is 0 Å². The Labute approximate surface area is 123 Å². The Morgan fingerprint density at radius 3 is 2.33 bits per heavy atom. The SMILES string of the molecule is Cc1noc(C)c1C(C)NS(=O)(=O)c1ccc(NN)cc1. The number of aromatic nitrogens is 1. The minimum Gasteiger partial charge on any atom is -0.361 e. The highest BCUT2D eigenvalue weighted by Gasteiger charge is 2.22. The third-order valence-corrected chi connectivity index (χ3v) is 4.74. The van der Waals surface area contributed by atoms with Crippen molar-refractivity contribution in [1.29, 1.82) is 0 Å². The largest absolute Gasteiger partial charge is 0.361 e. The summed E-state index contributed by atoms with van der Waals surface area (Å²) in [6.07, 6.45) is 0. The molecule has 21 heavy (non-hydrogen) atoms. The zero-order valence-electron chi connectivity index (χ0n) is 12.0. The van der Waals surface area contributed by atoms with Crippen molar-refractivity contribution in [3.8, 4) is 0 Å². The first-order valence-corrected chi connectivity index (χ1v) is 7.85. The van der Waals surface area contributed by atoms with Crippen molar-refractivity contribution in [3.05, 3.63) is 41.3 Å². The summed E-state index contributed by atoms with van der Waals surface area (Å²) in [7, 11) is -3.63. The van der Waals surface area contributed by atoms with Crippen LogP contribution >= 0.6 is 0 Å². The predicted octanol–water partition coefficient (Wildman–Crippen LogP) is 1.62. The number of nitrogens with zero attached hydrogens (tertiary/aromatic N) is 1. The van der Waals surface area contributed by atoms with Crippen molar-refractivity contribution in [3.63, 3.8) is 0 Å². The number of benzene rings is 1. The Kier molecular flexibility index (Phi) is 4.31. The number of sulfonamides is 1. The monoisotopic (exact) mass is 310 g/mol.